The van der Waals surface area contributed by atoms with E-state index in [1.807, 2.05) is 6.92 Å². The van der Waals surface area contributed by atoms with E-state index in [9.17, 15) is 26.7 Å². The maximum Gasteiger partial charge on any atom is 0.416 e. The number of halogens is 5. The maximum atomic E-state index is 13.8. The fraction of sp³-hybridized carbons (Fsp3) is 0.261. The molecule has 0 saturated heterocycles. The number of nitrogens with one attached hydrogen (secondary N) is 1. The second-order valence-corrected chi connectivity index (χ2v) is 6.97. The third-order valence-electron chi connectivity index (χ3n) is 4.91. The summed E-state index contributed by atoms with van der Waals surface area (Å²) in [5, 5.41) is 2.40. The normalized spacial score (nSPS) is 13.0. The molecule has 166 valence electrons. The van der Waals surface area contributed by atoms with E-state index < -0.39 is 34.9 Å². The highest BCUT2D eigenvalue weighted by atomic mass is 19.4. The minimum atomic E-state index is -4.55. The number of hydrogen-bond donors (Lipinski definition) is 1. The second-order valence-electron chi connectivity index (χ2n) is 6.97. The van der Waals surface area contributed by atoms with E-state index in [-0.39, 0.29) is 11.3 Å². The van der Waals surface area contributed by atoms with Crippen molar-refractivity contribution in [3.8, 4) is 0 Å². The molecule has 3 nitrogen and oxygen atoms in total. The third kappa shape index (κ3) is 5.93. The van der Waals surface area contributed by atoms with Gasteiger partial charge in [0.15, 0.2) is 11.6 Å². The van der Waals surface area contributed by atoms with Crippen LogP contribution in [0.1, 0.15) is 36.7 Å². The number of alkyl halides is 3. The van der Waals surface area contributed by atoms with Crippen LogP contribution in [0.3, 0.4) is 0 Å². The Hall–Kier alpha value is -3.16. The Morgan fingerprint density at radius 1 is 1.06 bits per heavy atom. The predicted molar refractivity (Wildman–Crippen MR) is 111 cm³/mol. The van der Waals surface area contributed by atoms with Gasteiger partial charge in [0.1, 0.15) is 0 Å². The van der Waals surface area contributed by atoms with Crippen molar-refractivity contribution in [2.45, 2.75) is 26.9 Å². The molecule has 0 aromatic heterocycles. The number of allylic oxidation sites excluding steroid dienone is 4. The van der Waals surface area contributed by atoms with E-state index in [1.165, 1.54) is 37.3 Å². The van der Waals surface area contributed by atoms with E-state index in [2.05, 4.69) is 5.32 Å². The lowest BCUT2D eigenvalue weighted by molar-refractivity contribution is -0.0878. The fourth-order valence-corrected chi connectivity index (χ4v) is 2.81. The first-order valence-electron chi connectivity index (χ1n) is 9.49. The molecule has 2 aromatic rings. The number of anilines is 1. The van der Waals surface area contributed by atoms with Crippen molar-refractivity contribution in [3.63, 3.8) is 0 Å². The molecular formula is C23H23F5N2O. The summed E-state index contributed by atoms with van der Waals surface area (Å²) in [5.74, 6) is -3.29. The minimum absolute atomic E-state index is 0.0189. The molecule has 0 spiro atoms. The summed E-state index contributed by atoms with van der Waals surface area (Å²) in [6, 6.07) is 8.87. The molecular weight excluding hydrogens is 415 g/mol. The van der Waals surface area contributed by atoms with Gasteiger partial charge in [-0.1, -0.05) is 18.2 Å². The quantitative estimate of drug-likeness (QED) is 0.418. The summed E-state index contributed by atoms with van der Waals surface area (Å²) in [7, 11) is 1.70. The predicted octanol–water partition coefficient (Wildman–Crippen LogP) is 6.41. The van der Waals surface area contributed by atoms with Crippen molar-refractivity contribution in [1.29, 1.82) is 0 Å². The fourth-order valence-electron chi connectivity index (χ4n) is 2.81. The number of amides is 1. The molecule has 0 saturated carbocycles. The van der Waals surface area contributed by atoms with Crippen molar-refractivity contribution in [1.82, 2.24) is 4.90 Å². The number of carbonyl (C=O) groups excluding carboxylic acids is 1. The minimum Gasteiger partial charge on any atom is -0.378 e. The van der Waals surface area contributed by atoms with Crippen molar-refractivity contribution < 1.29 is 26.7 Å². The molecule has 1 N–H and O–H groups in total. The Bertz CT molecular complexity index is 1010. The van der Waals surface area contributed by atoms with Crippen LogP contribution >= 0.6 is 0 Å². The van der Waals surface area contributed by atoms with Crippen molar-refractivity contribution in [3.05, 3.63) is 82.6 Å². The zero-order chi connectivity index (χ0) is 23.3. The zero-order valence-electron chi connectivity index (χ0n) is 17.6. The lowest BCUT2D eigenvalue weighted by atomic mass is 9.99. The molecule has 0 heterocycles. The van der Waals surface area contributed by atoms with E-state index >= 15 is 0 Å². The van der Waals surface area contributed by atoms with Gasteiger partial charge in [0.05, 0.1) is 11.1 Å². The highest BCUT2D eigenvalue weighted by molar-refractivity contribution is 6.04. The van der Waals surface area contributed by atoms with Crippen molar-refractivity contribution in [2.75, 3.05) is 18.9 Å². The molecule has 1 amide bonds. The molecule has 0 aliphatic rings. The molecule has 8 heteroatoms. The summed E-state index contributed by atoms with van der Waals surface area (Å²) < 4.78 is 68.0. The lowest BCUT2D eigenvalue weighted by Gasteiger charge is -2.20. The average molecular weight is 438 g/mol. The van der Waals surface area contributed by atoms with Gasteiger partial charge in [-0.25, -0.2) is 8.78 Å². The summed E-state index contributed by atoms with van der Waals surface area (Å²) >= 11 is 0. The van der Waals surface area contributed by atoms with Gasteiger partial charge >= 0.3 is 6.18 Å². The van der Waals surface area contributed by atoms with E-state index in [0.29, 0.717) is 17.8 Å². The average Bonchev–Trinajstić information content (AvgIpc) is 2.72. The molecule has 0 aliphatic carbocycles. The van der Waals surface area contributed by atoms with Crippen molar-refractivity contribution >= 4 is 17.2 Å². The van der Waals surface area contributed by atoms with Gasteiger partial charge < -0.3 is 10.2 Å². The molecule has 0 fully saturated rings. The third-order valence-corrected chi connectivity index (χ3v) is 4.91. The summed E-state index contributed by atoms with van der Waals surface area (Å²) in [4.78, 5) is 13.9. The van der Waals surface area contributed by atoms with Crippen LogP contribution in [0.25, 0.3) is 5.57 Å². The van der Waals surface area contributed by atoms with E-state index in [1.54, 1.807) is 18.9 Å². The van der Waals surface area contributed by atoms with Gasteiger partial charge in [0.2, 0.25) is 0 Å². The van der Waals surface area contributed by atoms with Crippen LogP contribution in [0, 0.1) is 11.6 Å². The molecule has 0 radical (unpaired) electrons. The van der Waals surface area contributed by atoms with Crippen LogP contribution in [-0.4, -0.2) is 30.6 Å². The highest BCUT2D eigenvalue weighted by Gasteiger charge is 2.34. The summed E-state index contributed by atoms with van der Waals surface area (Å²) in [6.45, 7) is 5.37. The van der Waals surface area contributed by atoms with Crippen LogP contribution in [0.2, 0.25) is 0 Å². The zero-order valence-corrected chi connectivity index (χ0v) is 17.6. The Morgan fingerprint density at radius 2 is 1.68 bits per heavy atom. The first-order chi connectivity index (χ1) is 14.5. The molecule has 0 aliphatic heterocycles. The Balaban J connectivity index is 2.33. The number of rotatable bonds is 6. The van der Waals surface area contributed by atoms with Gasteiger partial charge in [-0.15, -0.1) is 0 Å². The standard InChI is InChI=1S/C23H23F5N2O/c1-5-30(4)14(2)13-19(23(26,27)28)15(3)16-9-11-17(12-10-16)29-22(31)18-7-6-8-20(24)21(18)25/h6-13H,5H2,1-4H3,(H,29,31)/b14-13-,19-15-. The van der Waals surface area contributed by atoms with Crippen LogP contribution in [0.15, 0.2) is 59.8 Å². The van der Waals surface area contributed by atoms with E-state index in [4.69, 9.17) is 0 Å². The number of hydrogen-bond acceptors (Lipinski definition) is 2. The Kier molecular flexibility index (Phi) is 7.60. The maximum absolute atomic E-state index is 13.8. The number of carbonyl (C=O) groups is 1. The first kappa shape index (κ1) is 24.1. The van der Waals surface area contributed by atoms with Gasteiger partial charge in [0, 0.05) is 25.0 Å². The largest absolute Gasteiger partial charge is 0.416 e. The molecule has 2 aromatic carbocycles. The molecule has 2 rings (SSSR count). The number of nitrogens with zero attached hydrogens (tertiary/aromatic N) is 1. The Morgan fingerprint density at radius 3 is 2.23 bits per heavy atom. The smallest absolute Gasteiger partial charge is 0.378 e. The molecule has 0 atom stereocenters. The van der Waals surface area contributed by atoms with Crippen LogP contribution in [0.5, 0.6) is 0 Å². The first-order valence-corrected chi connectivity index (χ1v) is 9.49. The van der Waals surface area contributed by atoms with Gasteiger partial charge in [-0.2, -0.15) is 13.2 Å². The van der Waals surface area contributed by atoms with Gasteiger partial charge in [-0.3, -0.25) is 4.79 Å². The topological polar surface area (TPSA) is 32.3 Å². The Labute approximate surface area is 177 Å². The van der Waals surface area contributed by atoms with Gasteiger partial charge in [0.25, 0.3) is 5.91 Å². The molecule has 31 heavy (non-hydrogen) atoms. The second kappa shape index (κ2) is 9.76. The summed E-state index contributed by atoms with van der Waals surface area (Å²) in [6.07, 6.45) is -3.46. The lowest BCUT2D eigenvalue weighted by Crippen LogP contribution is -2.18. The molecule has 0 unspecified atom stereocenters. The van der Waals surface area contributed by atoms with Crippen LogP contribution in [0.4, 0.5) is 27.6 Å². The highest BCUT2D eigenvalue weighted by Crippen LogP contribution is 2.34. The van der Waals surface area contributed by atoms with E-state index in [0.717, 1.165) is 18.2 Å². The van der Waals surface area contributed by atoms with Crippen LogP contribution < -0.4 is 5.32 Å². The summed E-state index contributed by atoms with van der Waals surface area (Å²) in [5.41, 5.74) is -0.216. The van der Waals surface area contributed by atoms with Crippen LogP contribution in [-0.2, 0) is 0 Å². The van der Waals surface area contributed by atoms with Gasteiger partial charge in [-0.05, 0) is 62.2 Å². The van der Waals surface area contributed by atoms with Crippen molar-refractivity contribution in [2.24, 2.45) is 0 Å². The SMILES string of the molecule is CCN(C)/C(C)=C\C(=C(/C)c1ccc(NC(=O)c2cccc(F)c2F)cc1)C(F)(F)F. The monoisotopic (exact) mass is 438 g/mol. The number of benzene rings is 2. The molecule has 0 bridgehead atoms.